The molecule has 1 aromatic rings. The van der Waals surface area contributed by atoms with Gasteiger partial charge in [-0.3, -0.25) is 0 Å². The van der Waals surface area contributed by atoms with E-state index >= 15 is 0 Å². The molecule has 0 spiro atoms. The van der Waals surface area contributed by atoms with Crippen molar-refractivity contribution < 1.29 is 4.39 Å². The van der Waals surface area contributed by atoms with E-state index in [0.717, 1.165) is 30.6 Å². The zero-order valence-corrected chi connectivity index (χ0v) is 14.7. The van der Waals surface area contributed by atoms with Crippen molar-refractivity contribution >= 4 is 21.5 Å². The van der Waals surface area contributed by atoms with Crippen molar-refractivity contribution in [3.05, 3.63) is 35.1 Å². The number of hydrogen-bond acceptors (Lipinski definition) is 2. The molecule has 0 radical (unpaired) electrons. The quantitative estimate of drug-likeness (QED) is 0.272. The summed E-state index contributed by atoms with van der Waals surface area (Å²) in [6, 6.07) is 7.66. The summed E-state index contributed by atoms with van der Waals surface area (Å²) in [6.45, 7) is 5.83. The Labute approximate surface area is 132 Å². The molecule has 0 aliphatic carbocycles. The molecule has 0 saturated heterocycles. The molecule has 0 fully saturated rings. The van der Waals surface area contributed by atoms with E-state index in [0.29, 0.717) is 6.42 Å². The summed E-state index contributed by atoms with van der Waals surface area (Å²) < 4.78 is 17.5. The summed E-state index contributed by atoms with van der Waals surface area (Å²) in [6.07, 6.45) is 3.81. The molecule has 0 N–H and O–H groups in total. The van der Waals surface area contributed by atoms with Gasteiger partial charge in [0.2, 0.25) is 0 Å². The number of benzene rings is 1. The van der Waals surface area contributed by atoms with Gasteiger partial charge in [0, 0.05) is 0 Å². The molecular weight excluding hydrogens is 366 g/mol. The molecule has 0 aromatic heterocycles. The van der Waals surface area contributed by atoms with E-state index in [9.17, 15) is 4.39 Å². The Morgan fingerprint density at radius 2 is 2.15 bits per heavy atom. The Kier molecular flexibility index (Phi) is 8.79. The summed E-state index contributed by atoms with van der Waals surface area (Å²) in [5, 5.41) is 8.72. The fourth-order valence-electron chi connectivity index (χ4n) is 1.85. The SMILES string of the molecule is CCCC[IH]N(CCC#N)CCc1ccc(C)cc1F. The van der Waals surface area contributed by atoms with Gasteiger partial charge < -0.3 is 0 Å². The van der Waals surface area contributed by atoms with Crippen LogP contribution in [0.15, 0.2) is 18.2 Å². The van der Waals surface area contributed by atoms with Crippen LogP contribution >= 0.6 is 21.5 Å². The van der Waals surface area contributed by atoms with Gasteiger partial charge in [0.05, 0.1) is 0 Å². The Bertz CT molecular complexity index is 443. The number of hydrogen-bond donors (Lipinski definition) is 0. The van der Waals surface area contributed by atoms with Crippen molar-refractivity contribution in [2.24, 2.45) is 0 Å². The van der Waals surface area contributed by atoms with Crippen LogP contribution in [-0.2, 0) is 6.42 Å². The predicted octanol–water partition coefficient (Wildman–Crippen LogP) is 4.31. The number of nitriles is 1. The molecule has 4 heteroatoms. The first-order chi connectivity index (χ1) is 9.67. The van der Waals surface area contributed by atoms with Crippen LogP contribution in [0.2, 0.25) is 0 Å². The molecule has 0 bridgehead atoms. The van der Waals surface area contributed by atoms with Crippen molar-refractivity contribution in [2.75, 3.05) is 17.5 Å². The Morgan fingerprint density at radius 1 is 1.35 bits per heavy atom. The van der Waals surface area contributed by atoms with Crippen LogP contribution in [0.4, 0.5) is 4.39 Å². The van der Waals surface area contributed by atoms with Crippen molar-refractivity contribution in [1.29, 1.82) is 5.26 Å². The summed E-state index contributed by atoms with van der Waals surface area (Å²) >= 11 is -0.200. The number of rotatable bonds is 9. The maximum atomic E-state index is 13.8. The molecule has 1 aromatic carbocycles. The van der Waals surface area contributed by atoms with E-state index in [-0.39, 0.29) is 27.3 Å². The van der Waals surface area contributed by atoms with Crippen LogP contribution in [0.25, 0.3) is 0 Å². The minimum absolute atomic E-state index is 0.0978. The molecule has 0 saturated carbocycles. The van der Waals surface area contributed by atoms with Crippen molar-refractivity contribution in [2.45, 2.75) is 39.5 Å². The van der Waals surface area contributed by atoms with Gasteiger partial charge in [0.1, 0.15) is 0 Å². The van der Waals surface area contributed by atoms with E-state index in [4.69, 9.17) is 5.26 Å². The first-order valence-corrected chi connectivity index (χ1v) is 9.86. The molecule has 0 amide bonds. The molecule has 0 aliphatic heterocycles. The van der Waals surface area contributed by atoms with Gasteiger partial charge in [0.25, 0.3) is 0 Å². The van der Waals surface area contributed by atoms with Crippen LogP contribution < -0.4 is 0 Å². The minimum atomic E-state index is -0.200. The molecule has 20 heavy (non-hydrogen) atoms. The average Bonchev–Trinajstić information content (AvgIpc) is 2.43. The number of aryl methyl sites for hydroxylation is 1. The Morgan fingerprint density at radius 3 is 2.80 bits per heavy atom. The van der Waals surface area contributed by atoms with Crippen LogP contribution in [0.5, 0.6) is 0 Å². The molecule has 0 aliphatic rings. The van der Waals surface area contributed by atoms with Crippen LogP contribution in [0, 0.1) is 24.1 Å². The monoisotopic (exact) mass is 390 g/mol. The third kappa shape index (κ3) is 6.67. The van der Waals surface area contributed by atoms with Crippen molar-refractivity contribution in [3.8, 4) is 6.07 Å². The first-order valence-electron chi connectivity index (χ1n) is 7.17. The van der Waals surface area contributed by atoms with Gasteiger partial charge in [0.15, 0.2) is 0 Å². The zero-order valence-electron chi connectivity index (χ0n) is 12.4. The normalized spacial score (nSPS) is 10.9. The van der Waals surface area contributed by atoms with Crippen molar-refractivity contribution in [3.63, 3.8) is 0 Å². The molecule has 2 nitrogen and oxygen atoms in total. The molecule has 112 valence electrons. The summed E-state index contributed by atoms with van der Waals surface area (Å²) in [5.41, 5.74) is 1.75. The molecule has 0 unspecified atom stereocenters. The van der Waals surface area contributed by atoms with E-state index in [1.54, 1.807) is 6.07 Å². The van der Waals surface area contributed by atoms with Crippen LogP contribution in [-0.4, -0.2) is 20.6 Å². The summed E-state index contributed by atoms with van der Waals surface area (Å²) in [7, 11) is 0. The molecule has 0 heterocycles. The van der Waals surface area contributed by atoms with Gasteiger partial charge >= 0.3 is 133 Å². The van der Waals surface area contributed by atoms with Gasteiger partial charge in [-0.15, -0.1) is 0 Å². The predicted molar refractivity (Wildman–Crippen MR) is 91.8 cm³/mol. The van der Waals surface area contributed by atoms with E-state index in [1.165, 1.54) is 17.3 Å². The van der Waals surface area contributed by atoms with Gasteiger partial charge in [-0.05, 0) is 0 Å². The van der Waals surface area contributed by atoms with E-state index in [2.05, 4.69) is 16.1 Å². The van der Waals surface area contributed by atoms with Crippen LogP contribution in [0.1, 0.15) is 37.3 Å². The first kappa shape index (κ1) is 17.4. The fourth-order valence-corrected chi connectivity index (χ4v) is 5.04. The topological polar surface area (TPSA) is 27.0 Å². The summed E-state index contributed by atoms with van der Waals surface area (Å²) in [5.74, 6) is -0.0978. The maximum absolute atomic E-state index is 13.8. The van der Waals surface area contributed by atoms with Gasteiger partial charge in [-0.1, -0.05) is 0 Å². The standard InChI is InChI=1S/C16H24FIN2/c1-3-4-9-18-20(11-5-10-19)12-8-15-7-6-14(2)13-16(15)17/h6-7,13,18H,3-5,8-9,11-12H2,1-2H3. The van der Waals surface area contributed by atoms with Crippen LogP contribution in [0.3, 0.4) is 0 Å². The third-order valence-corrected chi connectivity index (χ3v) is 6.51. The second kappa shape index (κ2) is 10.1. The Balaban J connectivity index is 2.49. The van der Waals surface area contributed by atoms with Gasteiger partial charge in [-0.2, -0.15) is 0 Å². The zero-order chi connectivity index (χ0) is 14.8. The third-order valence-electron chi connectivity index (χ3n) is 3.08. The average molecular weight is 390 g/mol. The van der Waals surface area contributed by atoms with Gasteiger partial charge in [-0.25, -0.2) is 0 Å². The van der Waals surface area contributed by atoms with E-state index < -0.39 is 0 Å². The molecular formula is C16H24FIN2. The summed E-state index contributed by atoms with van der Waals surface area (Å²) in [4.78, 5) is 0. The second-order valence-corrected chi connectivity index (χ2v) is 8.24. The molecule has 0 atom stereocenters. The second-order valence-electron chi connectivity index (χ2n) is 4.87. The fraction of sp³-hybridized carbons (Fsp3) is 0.562. The van der Waals surface area contributed by atoms with E-state index in [1.807, 2.05) is 19.1 Å². The number of halogens is 2. The van der Waals surface area contributed by atoms with Crippen molar-refractivity contribution in [1.82, 2.24) is 3.11 Å². The number of nitrogens with zero attached hydrogens (tertiary/aromatic N) is 2. The number of unbranched alkanes of at least 4 members (excludes halogenated alkanes) is 1. The molecule has 1 rings (SSSR count). The number of alkyl halides is 1. The Hall–Kier alpha value is -0.670.